The molecule has 406 valence electrons. The molecule has 0 aromatic rings. The lowest BCUT2D eigenvalue weighted by atomic mass is 9.64. The van der Waals surface area contributed by atoms with Crippen LogP contribution in [0.5, 0.6) is 0 Å². The summed E-state index contributed by atoms with van der Waals surface area (Å²) < 4.78 is 14.9. The molecule has 6 unspecified atom stereocenters. The number of ether oxygens (including phenoxy) is 2. The fourth-order valence-corrected chi connectivity index (χ4v) is 12.3. The summed E-state index contributed by atoms with van der Waals surface area (Å²) in [5, 5.41) is 24.0. The second-order valence-electron chi connectivity index (χ2n) is 28.7. The van der Waals surface area contributed by atoms with E-state index in [1.807, 2.05) is 0 Å². The third-order valence-electron chi connectivity index (χ3n) is 15.9. The molecule has 1 aliphatic heterocycles. The van der Waals surface area contributed by atoms with Crippen LogP contribution in [0.2, 0.25) is 0 Å². The SMILES string of the molecule is C=C(C[C@@H]1CC=C(CNCCCN)C[C@@H]1OC[C@@H]1C(NC(=C)CC(C)(C)C)CC(NC(=C)C2(O)CCN(C(=C)CC(C)(C)C)C2)[C@H](OC2C=CC(C)(C)[C@H](C(C)C(=O)CC(C)(C)C)C2)C1C)CC(C)(C)C. The molecule has 0 aromatic carbocycles. The normalized spacial score (nSPS) is 29.9. The van der Waals surface area contributed by atoms with E-state index in [4.69, 9.17) is 15.2 Å². The van der Waals surface area contributed by atoms with Crippen LogP contribution < -0.4 is 21.7 Å². The number of Topliss-reactive ketones (excluding diaryl/α,β-unsaturated/α-hetero) is 1. The number of nitrogens with one attached hydrogen (secondary N) is 3. The first-order valence-corrected chi connectivity index (χ1v) is 27.9. The topological polar surface area (TPSA) is 121 Å². The molecule has 4 aliphatic rings. The molecule has 71 heavy (non-hydrogen) atoms. The summed E-state index contributed by atoms with van der Waals surface area (Å²) in [5.41, 5.74) is 10.2. The number of hydrogen-bond donors (Lipinski definition) is 5. The van der Waals surface area contributed by atoms with Crippen molar-refractivity contribution in [2.45, 2.75) is 217 Å². The molecule has 0 amide bonds. The van der Waals surface area contributed by atoms with Gasteiger partial charge < -0.3 is 41.2 Å². The zero-order valence-corrected chi connectivity index (χ0v) is 48.6. The minimum atomic E-state index is -1.13. The summed E-state index contributed by atoms with van der Waals surface area (Å²) in [5.74, 6) is 0.789. The number of allylic oxidation sites excluding steroid dienone is 5. The third kappa shape index (κ3) is 19.2. The van der Waals surface area contributed by atoms with E-state index in [-0.39, 0.29) is 81.1 Å². The van der Waals surface area contributed by atoms with Crippen LogP contribution in [0.4, 0.5) is 0 Å². The van der Waals surface area contributed by atoms with Crippen LogP contribution in [0, 0.1) is 56.7 Å². The van der Waals surface area contributed by atoms with Crippen LogP contribution in [0.25, 0.3) is 0 Å². The van der Waals surface area contributed by atoms with Crippen molar-refractivity contribution in [1.82, 2.24) is 20.9 Å². The number of nitrogens with zero attached hydrogens (tertiary/aromatic N) is 1. The van der Waals surface area contributed by atoms with Gasteiger partial charge in [-0.05, 0) is 116 Å². The minimum absolute atomic E-state index is 0.0146. The zero-order valence-electron chi connectivity index (χ0n) is 48.6. The summed E-state index contributed by atoms with van der Waals surface area (Å²) in [7, 11) is 0. The number of ketones is 1. The molecule has 11 atom stereocenters. The van der Waals surface area contributed by atoms with Crippen molar-refractivity contribution in [2.24, 2.45) is 62.4 Å². The van der Waals surface area contributed by atoms with Gasteiger partial charge in [-0.2, -0.15) is 0 Å². The highest BCUT2D eigenvalue weighted by Gasteiger charge is 2.49. The van der Waals surface area contributed by atoms with Crippen molar-refractivity contribution in [1.29, 1.82) is 0 Å². The monoisotopic (exact) mass is 988 g/mol. The Bertz CT molecular complexity index is 1870. The molecule has 1 heterocycles. The maximum absolute atomic E-state index is 13.9. The molecule has 0 spiro atoms. The van der Waals surface area contributed by atoms with Crippen LogP contribution in [-0.2, 0) is 14.3 Å². The van der Waals surface area contributed by atoms with Gasteiger partial charge >= 0.3 is 0 Å². The number of hydrogen-bond acceptors (Lipinski definition) is 9. The number of carbonyl (C=O) groups is 1. The summed E-state index contributed by atoms with van der Waals surface area (Å²) in [4.78, 5) is 16.1. The van der Waals surface area contributed by atoms with Gasteiger partial charge in [-0.25, -0.2) is 0 Å². The largest absolute Gasteiger partial charge is 0.386 e. The highest BCUT2D eigenvalue weighted by molar-refractivity contribution is 5.81. The Morgan fingerprint density at radius 2 is 1.54 bits per heavy atom. The second kappa shape index (κ2) is 24.8. The van der Waals surface area contributed by atoms with E-state index in [0.717, 1.165) is 88.8 Å². The molecule has 6 N–H and O–H groups in total. The molecule has 0 radical (unpaired) electrons. The van der Waals surface area contributed by atoms with E-state index in [9.17, 15) is 9.90 Å². The Morgan fingerprint density at radius 3 is 2.14 bits per heavy atom. The molecular weight excluding hydrogens is 879 g/mol. The van der Waals surface area contributed by atoms with Crippen molar-refractivity contribution in [3.05, 3.63) is 72.8 Å². The molecular formula is C62H109N5O4. The smallest absolute Gasteiger partial charge is 0.136 e. The van der Waals surface area contributed by atoms with Crippen LogP contribution >= 0.6 is 0 Å². The van der Waals surface area contributed by atoms with Crippen LogP contribution in [0.3, 0.4) is 0 Å². The first kappa shape index (κ1) is 60.9. The Labute approximate surface area is 436 Å². The van der Waals surface area contributed by atoms with Crippen LogP contribution in [0.1, 0.15) is 181 Å². The average molecular weight is 989 g/mol. The number of carbonyl (C=O) groups excluding carboxylic acids is 1. The lowest BCUT2D eigenvalue weighted by Crippen LogP contribution is -2.61. The number of rotatable bonds is 24. The van der Waals surface area contributed by atoms with Gasteiger partial charge in [0.1, 0.15) is 11.4 Å². The summed E-state index contributed by atoms with van der Waals surface area (Å²) in [6.45, 7) is 58.3. The predicted octanol–water partition coefficient (Wildman–Crippen LogP) is 12.4. The molecule has 1 saturated carbocycles. The van der Waals surface area contributed by atoms with Crippen molar-refractivity contribution >= 4 is 5.78 Å². The van der Waals surface area contributed by atoms with Crippen molar-refractivity contribution < 1.29 is 19.4 Å². The fraction of sp³-hybridized carbons (Fsp3) is 0.790. The summed E-state index contributed by atoms with van der Waals surface area (Å²) in [6, 6.07) is -0.163. The maximum atomic E-state index is 13.9. The lowest BCUT2D eigenvalue weighted by molar-refractivity contribution is -0.130. The van der Waals surface area contributed by atoms with E-state index in [1.54, 1.807) is 0 Å². The highest BCUT2D eigenvalue weighted by atomic mass is 16.5. The number of β-amino-alcohol motifs (C(OH)–C–C–N with tert-alkyl or cyclic N) is 1. The Balaban J connectivity index is 1.73. The van der Waals surface area contributed by atoms with Crippen molar-refractivity contribution in [3.63, 3.8) is 0 Å². The van der Waals surface area contributed by atoms with Gasteiger partial charge in [0.25, 0.3) is 0 Å². The number of likely N-dealkylation sites (tertiary alicyclic amines) is 1. The van der Waals surface area contributed by atoms with Gasteiger partial charge in [0.05, 0.1) is 37.5 Å². The van der Waals surface area contributed by atoms with E-state index in [2.05, 4.69) is 176 Å². The van der Waals surface area contributed by atoms with Crippen LogP contribution in [-0.4, -0.2) is 91.1 Å². The maximum Gasteiger partial charge on any atom is 0.136 e. The van der Waals surface area contributed by atoms with E-state index in [0.29, 0.717) is 49.9 Å². The minimum Gasteiger partial charge on any atom is -0.386 e. The number of nitrogens with two attached hydrogens (primary N) is 1. The van der Waals surface area contributed by atoms with Gasteiger partial charge in [-0.15, -0.1) is 0 Å². The Hall–Kier alpha value is -2.69. The second-order valence-corrected chi connectivity index (χ2v) is 28.7. The first-order valence-electron chi connectivity index (χ1n) is 27.9. The first-order chi connectivity index (χ1) is 32.6. The molecule has 9 heteroatoms. The van der Waals surface area contributed by atoms with Gasteiger partial charge in [0.2, 0.25) is 0 Å². The molecule has 0 aromatic heterocycles. The lowest BCUT2D eigenvalue weighted by Gasteiger charge is -2.50. The Morgan fingerprint density at radius 1 is 0.901 bits per heavy atom. The highest BCUT2D eigenvalue weighted by Crippen LogP contribution is 2.46. The van der Waals surface area contributed by atoms with Crippen LogP contribution in [0.15, 0.2) is 72.8 Å². The van der Waals surface area contributed by atoms with E-state index in [1.165, 1.54) is 11.1 Å². The number of aliphatic hydroxyl groups is 1. The van der Waals surface area contributed by atoms with Crippen molar-refractivity contribution in [3.8, 4) is 0 Å². The van der Waals surface area contributed by atoms with E-state index < -0.39 is 5.60 Å². The third-order valence-corrected chi connectivity index (χ3v) is 15.9. The van der Waals surface area contributed by atoms with Gasteiger partial charge in [-0.3, -0.25) is 4.79 Å². The fourth-order valence-electron chi connectivity index (χ4n) is 12.3. The summed E-state index contributed by atoms with van der Waals surface area (Å²) in [6.07, 6.45) is 15.7. The van der Waals surface area contributed by atoms with Gasteiger partial charge in [0, 0.05) is 60.9 Å². The van der Waals surface area contributed by atoms with E-state index >= 15 is 0 Å². The van der Waals surface area contributed by atoms with Gasteiger partial charge in [0.15, 0.2) is 0 Å². The predicted molar refractivity (Wildman–Crippen MR) is 301 cm³/mol. The molecule has 9 nitrogen and oxygen atoms in total. The molecule has 2 fully saturated rings. The average Bonchev–Trinajstić information content (AvgIpc) is 3.62. The zero-order chi connectivity index (χ0) is 53.5. The molecule has 1 saturated heterocycles. The summed E-state index contributed by atoms with van der Waals surface area (Å²) >= 11 is 0. The quantitative estimate of drug-likeness (QED) is 0.0475. The standard InChI is InChI=1S/C62H109N5O4/c1-41(34-57(7,8)9)30-48-23-22-47(38-64-28-21-27-63)31-55(48)70-39-50-44(4)56(71-49-24-25-61(19,20)51(32-49)45(5)54(68)37-60(16,17)18)53(33-52(50)65-42(2)35-58(10,11)12)66-46(6)62(69)26-29-67(40-62)43(3)36-59(13,14)15/h22,24-25,44-45,48-53,55-56,64-66,69H,1-3,6,21,23,26-40,63H2,4-5,7-20H3/t44?,45?,48-,49?,50-,51-,52?,53?,55-,56+,62?/m0/s1. The Kier molecular flexibility index (Phi) is 21.2. The molecule has 0 bridgehead atoms. The molecule has 3 aliphatic carbocycles. The molecule has 4 rings (SSSR count). The van der Waals surface area contributed by atoms with Crippen molar-refractivity contribution in [2.75, 3.05) is 39.3 Å². The van der Waals surface area contributed by atoms with Gasteiger partial charge in [-0.1, -0.05) is 166 Å².